The fourth-order valence-corrected chi connectivity index (χ4v) is 7.47. The first-order valence-electron chi connectivity index (χ1n) is 9.01. The van der Waals surface area contributed by atoms with Crippen molar-refractivity contribution in [2.45, 2.75) is 42.2 Å². The normalized spacial score (nSPS) is 22.8. The number of ether oxygens (including phenoxy) is 1. The molecule has 0 saturated carbocycles. The Hall–Kier alpha value is -1.39. The summed E-state index contributed by atoms with van der Waals surface area (Å²) in [6, 6.07) is 6.03. The van der Waals surface area contributed by atoms with Crippen LogP contribution in [0.4, 0.5) is 10.5 Å². The van der Waals surface area contributed by atoms with E-state index < -0.39 is 4.92 Å². The van der Waals surface area contributed by atoms with E-state index in [2.05, 4.69) is 0 Å². The predicted molar refractivity (Wildman–Crippen MR) is 114 cm³/mol. The van der Waals surface area contributed by atoms with Crippen LogP contribution < -0.4 is 0 Å². The van der Waals surface area contributed by atoms with Gasteiger partial charge in [0.1, 0.15) is 6.61 Å². The molecule has 0 N–H and O–H groups in total. The van der Waals surface area contributed by atoms with E-state index in [1.807, 2.05) is 23.5 Å². The van der Waals surface area contributed by atoms with Gasteiger partial charge in [0, 0.05) is 30.9 Å². The van der Waals surface area contributed by atoms with Gasteiger partial charge in [0.25, 0.3) is 5.69 Å². The van der Waals surface area contributed by atoms with Gasteiger partial charge < -0.3 is 9.64 Å². The summed E-state index contributed by atoms with van der Waals surface area (Å²) in [7, 11) is 0. The number of nitro groups is 1. The quantitative estimate of drug-likeness (QED) is 0.496. The molecule has 152 valence electrons. The molecule has 1 aromatic rings. The van der Waals surface area contributed by atoms with Crippen LogP contribution in [0, 0.1) is 10.1 Å². The van der Waals surface area contributed by atoms with Crippen molar-refractivity contribution in [1.29, 1.82) is 0 Å². The van der Waals surface area contributed by atoms with E-state index in [1.54, 1.807) is 24.0 Å². The topological polar surface area (TPSA) is 89.8 Å². The van der Waals surface area contributed by atoms with Gasteiger partial charge in [-0.2, -0.15) is 0 Å². The van der Waals surface area contributed by atoms with Crippen molar-refractivity contribution in [2.24, 2.45) is 0 Å². The molecule has 28 heavy (non-hydrogen) atoms. The van der Waals surface area contributed by atoms with E-state index in [-0.39, 0.29) is 34.8 Å². The zero-order valence-electron chi connectivity index (χ0n) is 15.4. The van der Waals surface area contributed by atoms with Crippen molar-refractivity contribution in [3.8, 4) is 0 Å². The summed E-state index contributed by atoms with van der Waals surface area (Å²) in [5, 5.41) is 10.9. The standard InChI is InChI=1S/C18H22N2O5S3/c1-12(21)28-15-9-16(17-26-7-2-8-27-17)19(10-15)18(22)25-11-13-3-5-14(6-4-13)20(23)24/h3-6,15-17H,2,7-11H2,1H3/t15-,16-/m0/s1. The van der Waals surface area contributed by atoms with E-state index in [9.17, 15) is 19.7 Å². The number of amides is 1. The summed E-state index contributed by atoms with van der Waals surface area (Å²) in [6.07, 6.45) is 1.58. The number of non-ortho nitro benzene ring substituents is 1. The Balaban J connectivity index is 1.62. The highest BCUT2D eigenvalue weighted by Gasteiger charge is 2.42. The average molecular weight is 443 g/mol. The smallest absolute Gasteiger partial charge is 0.410 e. The molecule has 1 amide bonds. The van der Waals surface area contributed by atoms with E-state index in [1.165, 1.54) is 30.3 Å². The molecule has 0 radical (unpaired) electrons. The van der Waals surface area contributed by atoms with Gasteiger partial charge in [-0.15, -0.1) is 23.5 Å². The van der Waals surface area contributed by atoms with Crippen LogP contribution in [0.3, 0.4) is 0 Å². The monoisotopic (exact) mass is 442 g/mol. The average Bonchev–Trinajstić information content (AvgIpc) is 3.10. The summed E-state index contributed by atoms with van der Waals surface area (Å²) in [5.74, 6) is 2.18. The van der Waals surface area contributed by atoms with Gasteiger partial charge in [0.2, 0.25) is 0 Å². The number of thioether (sulfide) groups is 3. The largest absolute Gasteiger partial charge is 0.445 e. The molecule has 10 heteroatoms. The van der Waals surface area contributed by atoms with E-state index >= 15 is 0 Å². The fourth-order valence-electron chi connectivity index (χ4n) is 3.28. The maximum absolute atomic E-state index is 12.8. The van der Waals surface area contributed by atoms with Gasteiger partial charge in [-0.05, 0) is 42.0 Å². The van der Waals surface area contributed by atoms with Crippen molar-refractivity contribution < 1.29 is 19.2 Å². The Bertz CT molecular complexity index is 724. The third-order valence-electron chi connectivity index (χ3n) is 4.55. The molecule has 2 heterocycles. The highest BCUT2D eigenvalue weighted by Crippen LogP contribution is 2.41. The summed E-state index contributed by atoms with van der Waals surface area (Å²) < 4.78 is 5.80. The second-order valence-electron chi connectivity index (χ2n) is 6.63. The van der Waals surface area contributed by atoms with Crippen molar-refractivity contribution in [2.75, 3.05) is 18.1 Å². The summed E-state index contributed by atoms with van der Waals surface area (Å²) in [4.78, 5) is 36.3. The third-order valence-corrected chi connectivity index (χ3v) is 8.71. The maximum Gasteiger partial charge on any atom is 0.410 e. The number of nitro benzene ring substituents is 1. The molecular weight excluding hydrogens is 420 g/mol. The summed E-state index contributed by atoms with van der Waals surface area (Å²) >= 11 is 5.05. The second-order valence-corrected chi connectivity index (χ2v) is 10.9. The Morgan fingerprint density at radius 2 is 1.96 bits per heavy atom. The minimum Gasteiger partial charge on any atom is -0.445 e. The number of carbonyl (C=O) groups excluding carboxylic acids is 2. The molecule has 2 aliphatic rings. The highest BCUT2D eigenvalue weighted by atomic mass is 32.2. The minimum atomic E-state index is -0.461. The number of rotatable bonds is 5. The first-order valence-corrected chi connectivity index (χ1v) is 12.0. The van der Waals surface area contributed by atoms with Crippen LogP contribution in [-0.4, -0.2) is 55.0 Å². The van der Waals surface area contributed by atoms with Gasteiger partial charge >= 0.3 is 6.09 Å². The highest BCUT2D eigenvalue weighted by molar-refractivity contribution is 8.17. The lowest BCUT2D eigenvalue weighted by Crippen LogP contribution is -2.41. The molecule has 0 bridgehead atoms. The predicted octanol–water partition coefficient (Wildman–Crippen LogP) is 4.15. The Morgan fingerprint density at radius 3 is 2.57 bits per heavy atom. The Morgan fingerprint density at radius 1 is 1.29 bits per heavy atom. The van der Waals surface area contributed by atoms with E-state index in [0.717, 1.165) is 17.9 Å². The van der Waals surface area contributed by atoms with Crippen LogP contribution in [0.1, 0.15) is 25.3 Å². The molecule has 2 atom stereocenters. The zero-order chi connectivity index (χ0) is 20.1. The molecular formula is C18H22N2O5S3. The van der Waals surface area contributed by atoms with Gasteiger partial charge in [0.05, 0.1) is 15.5 Å². The second kappa shape index (κ2) is 9.89. The molecule has 0 aliphatic carbocycles. The summed E-state index contributed by atoms with van der Waals surface area (Å²) in [5.41, 5.74) is 0.705. The lowest BCUT2D eigenvalue weighted by atomic mass is 10.2. The summed E-state index contributed by atoms with van der Waals surface area (Å²) in [6.45, 7) is 2.13. The molecule has 2 saturated heterocycles. The molecule has 1 aromatic carbocycles. The molecule has 0 spiro atoms. The van der Waals surface area contributed by atoms with Crippen molar-refractivity contribution in [3.05, 3.63) is 39.9 Å². The Labute approximate surface area is 176 Å². The Kier molecular flexibility index (Phi) is 7.53. The van der Waals surface area contributed by atoms with Crippen LogP contribution in [-0.2, 0) is 16.1 Å². The van der Waals surface area contributed by atoms with Gasteiger partial charge in [-0.1, -0.05) is 11.8 Å². The first kappa shape index (κ1) is 21.3. The van der Waals surface area contributed by atoms with Crippen molar-refractivity contribution in [3.63, 3.8) is 0 Å². The number of nitrogens with zero attached hydrogens (tertiary/aromatic N) is 2. The van der Waals surface area contributed by atoms with E-state index in [4.69, 9.17) is 4.74 Å². The first-order chi connectivity index (χ1) is 13.4. The third kappa shape index (κ3) is 5.57. The number of benzene rings is 1. The lowest BCUT2D eigenvalue weighted by molar-refractivity contribution is -0.384. The van der Waals surface area contributed by atoms with Gasteiger partial charge in [-0.25, -0.2) is 4.79 Å². The fraction of sp³-hybridized carbons (Fsp3) is 0.556. The molecule has 2 aliphatic heterocycles. The van der Waals surface area contributed by atoms with Gasteiger partial charge in [0.15, 0.2) is 5.12 Å². The van der Waals surface area contributed by atoms with Crippen LogP contribution in [0.25, 0.3) is 0 Å². The van der Waals surface area contributed by atoms with Crippen LogP contribution >= 0.6 is 35.3 Å². The lowest BCUT2D eigenvalue weighted by Gasteiger charge is -2.32. The SMILES string of the molecule is CC(=O)S[C@H]1C[C@@H](C2SCCCS2)N(C(=O)OCc2ccc([N+](=O)[O-])cc2)C1. The number of carbonyl (C=O) groups is 2. The number of likely N-dealkylation sites (tertiary alicyclic amines) is 1. The van der Waals surface area contributed by atoms with Gasteiger partial charge in [-0.3, -0.25) is 14.9 Å². The van der Waals surface area contributed by atoms with Crippen molar-refractivity contribution >= 4 is 52.2 Å². The molecule has 2 fully saturated rings. The van der Waals surface area contributed by atoms with Crippen LogP contribution in [0.2, 0.25) is 0 Å². The molecule has 0 aromatic heterocycles. The maximum atomic E-state index is 12.8. The van der Waals surface area contributed by atoms with Crippen LogP contribution in [0.5, 0.6) is 0 Å². The molecule has 0 unspecified atom stereocenters. The minimum absolute atomic E-state index is 0.00475. The number of hydrogen-bond donors (Lipinski definition) is 0. The van der Waals surface area contributed by atoms with E-state index in [0.29, 0.717) is 16.7 Å². The molecule has 3 rings (SSSR count). The van der Waals surface area contributed by atoms with Crippen molar-refractivity contribution in [1.82, 2.24) is 4.90 Å². The van der Waals surface area contributed by atoms with Crippen LogP contribution in [0.15, 0.2) is 24.3 Å². The zero-order valence-corrected chi connectivity index (χ0v) is 17.9. The molecule has 7 nitrogen and oxygen atoms in total. The number of hydrogen-bond acceptors (Lipinski definition) is 8.